The van der Waals surface area contributed by atoms with Gasteiger partial charge in [-0.2, -0.15) is 13.2 Å². The van der Waals surface area contributed by atoms with E-state index < -0.39 is 53.5 Å². The predicted octanol–water partition coefficient (Wildman–Crippen LogP) is 7.03. The van der Waals surface area contributed by atoms with E-state index in [-0.39, 0.29) is 29.8 Å². The van der Waals surface area contributed by atoms with E-state index in [1.54, 1.807) is 75.4 Å². The molecule has 7 nitrogen and oxygen atoms in total. The maximum atomic E-state index is 15.3. The molecule has 4 aromatic rings. The second-order valence-electron chi connectivity index (χ2n) is 12.3. The van der Waals surface area contributed by atoms with Crippen molar-refractivity contribution >= 4 is 28.9 Å². The van der Waals surface area contributed by atoms with Crippen LogP contribution in [0.2, 0.25) is 0 Å². The Bertz CT molecular complexity index is 1760. The monoisotopic (exact) mass is 649 g/mol. The van der Waals surface area contributed by atoms with E-state index in [2.05, 4.69) is 10.6 Å². The molecular weight excluding hydrogens is 614 g/mol. The first-order valence-electron chi connectivity index (χ1n) is 15.0. The molecule has 1 aliphatic heterocycles. The summed E-state index contributed by atoms with van der Waals surface area (Å²) in [6.07, 6.45) is -4.64. The largest absolute Gasteiger partial charge is 0.416 e. The van der Waals surface area contributed by atoms with Gasteiger partial charge in [0.2, 0.25) is 5.91 Å². The standard InChI is InChI=1S/C36H35F4N3O4/c1-21-7-6-9-29(37)31(21)34(46)43-30-10-5-4-8-23(30)17-27(32(43)22-11-14-25(15-12-22)41-20-35(2,3)47)33(45)42-26-16-13-24(19-44)28(18-26)36(38,39)40/h4-16,18,27,32,41,44,47H,17,19-20H2,1-3H3,(H,42,45). The molecule has 2 atom stereocenters. The number of aliphatic hydroxyl groups is 2. The molecule has 0 fully saturated rings. The van der Waals surface area contributed by atoms with E-state index in [1.807, 2.05) is 0 Å². The van der Waals surface area contributed by atoms with Gasteiger partial charge in [-0.3, -0.25) is 14.5 Å². The summed E-state index contributed by atoms with van der Waals surface area (Å²) in [7, 11) is 0. The molecule has 0 saturated heterocycles. The number of hydrogen-bond donors (Lipinski definition) is 4. The number of carbonyl (C=O) groups excluding carboxylic acids is 2. The highest BCUT2D eigenvalue weighted by molar-refractivity contribution is 6.09. The van der Waals surface area contributed by atoms with Crippen LogP contribution >= 0.6 is 0 Å². The average molecular weight is 650 g/mol. The van der Waals surface area contributed by atoms with Crippen LogP contribution in [0.3, 0.4) is 0 Å². The minimum Gasteiger partial charge on any atom is -0.392 e. The Morgan fingerprint density at radius 1 is 0.936 bits per heavy atom. The van der Waals surface area contributed by atoms with Crippen molar-refractivity contribution in [2.75, 3.05) is 22.1 Å². The van der Waals surface area contributed by atoms with Crippen LogP contribution in [0.1, 0.15) is 58.1 Å². The topological polar surface area (TPSA) is 102 Å². The van der Waals surface area contributed by atoms with Crippen molar-refractivity contribution in [2.24, 2.45) is 5.92 Å². The maximum absolute atomic E-state index is 15.3. The van der Waals surface area contributed by atoms with E-state index in [0.717, 1.165) is 12.1 Å². The minimum absolute atomic E-state index is 0.131. The van der Waals surface area contributed by atoms with E-state index in [9.17, 15) is 33.0 Å². The van der Waals surface area contributed by atoms with Crippen molar-refractivity contribution in [2.45, 2.75) is 51.6 Å². The Hall–Kier alpha value is -4.74. The third kappa shape index (κ3) is 7.31. The number of aliphatic hydroxyl groups excluding tert-OH is 1. The highest BCUT2D eigenvalue weighted by Gasteiger charge is 2.43. The predicted molar refractivity (Wildman–Crippen MR) is 172 cm³/mol. The number of benzene rings is 4. The molecule has 2 unspecified atom stereocenters. The minimum atomic E-state index is -4.77. The number of nitrogens with zero attached hydrogens (tertiary/aromatic N) is 1. The molecular formula is C36H35F4N3O4. The molecule has 2 amide bonds. The van der Waals surface area contributed by atoms with Crippen LogP contribution in [0.4, 0.5) is 34.6 Å². The summed E-state index contributed by atoms with van der Waals surface area (Å²) in [5.41, 5.74) is -0.00473. The lowest BCUT2D eigenvalue weighted by Crippen LogP contribution is -2.47. The van der Waals surface area contributed by atoms with Gasteiger partial charge in [0.15, 0.2) is 0 Å². The van der Waals surface area contributed by atoms with Gasteiger partial charge in [0, 0.05) is 23.6 Å². The number of hydrogen-bond acceptors (Lipinski definition) is 5. The van der Waals surface area contributed by atoms with Gasteiger partial charge >= 0.3 is 6.18 Å². The Kier molecular flexibility index (Phi) is 9.42. The Labute approximate surface area is 269 Å². The van der Waals surface area contributed by atoms with Gasteiger partial charge in [-0.1, -0.05) is 48.5 Å². The number of halogens is 4. The van der Waals surface area contributed by atoms with Crippen molar-refractivity contribution in [3.05, 3.63) is 124 Å². The van der Waals surface area contributed by atoms with E-state index in [0.29, 0.717) is 28.1 Å². The van der Waals surface area contributed by atoms with Gasteiger partial charge in [0.05, 0.1) is 35.3 Å². The molecule has 246 valence electrons. The third-order valence-corrected chi connectivity index (χ3v) is 8.17. The zero-order valence-electron chi connectivity index (χ0n) is 26.0. The number of aryl methyl sites for hydroxylation is 1. The van der Waals surface area contributed by atoms with Crippen LogP contribution in [0, 0.1) is 18.7 Å². The quantitative estimate of drug-likeness (QED) is 0.154. The van der Waals surface area contributed by atoms with Crippen LogP contribution < -0.4 is 15.5 Å². The fraction of sp³-hybridized carbons (Fsp3) is 0.278. The summed E-state index contributed by atoms with van der Waals surface area (Å²) in [4.78, 5) is 29.9. The number of alkyl halides is 3. The fourth-order valence-electron chi connectivity index (χ4n) is 5.88. The SMILES string of the molecule is Cc1cccc(F)c1C(=O)N1c2ccccc2CC(C(=O)Nc2ccc(CO)c(C(F)(F)F)c2)C1c1ccc(NCC(C)(C)O)cc1. The smallest absolute Gasteiger partial charge is 0.392 e. The van der Waals surface area contributed by atoms with E-state index in [4.69, 9.17) is 0 Å². The van der Waals surface area contributed by atoms with Crippen LogP contribution in [-0.4, -0.2) is 34.2 Å². The lowest BCUT2D eigenvalue weighted by molar-refractivity contribution is -0.138. The van der Waals surface area contributed by atoms with E-state index >= 15 is 4.39 Å². The summed E-state index contributed by atoms with van der Waals surface area (Å²) >= 11 is 0. The number of anilines is 3. The lowest BCUT2D eigenvalue weighted by Gasteiger charge is -2.42. The highest BCUT2D eigenvalue weighted by atomic mass is 19.4. The molecule has 0 saturated carbocycles. The molecule has 4 aromatic carbocycles. The molecule has 1 aliphatic rings. The van der Waals surface area contributed by atoms with Crippen molar-refractivity contribution in [1.29, 1.82) is 0 Å². The summed E-state index contributed by atoms with van der Waals surface area (Å²) in [6, 6.07) is 20.3. The number of rotatable bonds is 8. The first kappa shape index (κ1) is 33.6. The van der Waals surface area contributed by atoms with Crippen LogP contribution in [-0.2, 0) is 24.0 Å². The number of carbonyl (C=O) groups is 2. The average Bonchev–Trinajstić information content (AvgIpc) is 3.02. The van der Waals surface area contributed by atoms with Gasteiger partial charge in [-0.05, 0) is 85.8 Å². The highest BCUT2D eigenvalue weighted by Crippen LogP contribution is 2.44. The Balaban J connectivity index is 1.61. The second-order valence-corrected chi connectivity index (χ2v) is 12.3. The van der Waals surface area contributed by atoms with Crippen molar-refractivity contribution < 1.29 is 37.4 Å². The number of para-hydroxylation sites is 1. The molecule has 5 rings (SSSR count). The first-order valence-corrected chi connectivity index (χ1v) is 15.0. The number of amides is 2. The maximum Gasteiger partial charge on any atom is 0.416 e. The summed E-state index contributed by atoms with van der Waals surface area (Å²) < 4.78 is 56.5. The molecule has 0 aromatic heterocycles. The van der Waals surface area contributed by atoms with Gasteiger partial charge in [-0.15, -0.1) is 0 Å². The molecule has 4 N–H and O–H groups in total. The van der Waals surface area contributed by atoms with Gasteiger partial charge in [0.1, 0.15) is 5.82 Å². The Morgan fingerprint density at radius 3 is 2.26 bits per heavy atom. The van der Waals surface area contributed by atoms with Crippen LogP contribution in [0.5, 0.6) is 0 Å². The lowest BCUT2D eigenvalue weighted by atomic mass is 9.80. The summed E-state index contributed by atoms with van der Waals surface area (Å²) in [5.74, 6) is -3.07. The fourth-order valence-corrected chi connectivity index (χ4v) is 5.88. The number of nitrogens with one attached hydrogen (secondary N) is 2. The molecule has 0 spiro atoms. The first-order chi connectivity index (χ1) is 22.2. The Morgan fingerprint density at radius 2 is 1.62 bits per heavy atom. The normalized spacial score (nSPS) is 16.4. The van der Waals surface area contributed by atoms with Gasteiger partial charge < -0.3 is 20.8 Å². The van der Waals surface area contributed by atoms with Crippen molar-refractivity contribution in [3.8, 4) is 0 Å². The third-order valence-electron chi connectivity index (χ3n) is 8.17. The molecule has 0 radical (unpaired) electrons. The molecule has 0 bridgehead atoms. The van der Waals surface area contributed by atoms with E-state index in [1.165, 1.54) is 23.1 Å². The summed E-state index contributed by atoms with van der Waals surface area (Å²) in [5, 5.41) is 25.3. The molecule has 47 heavy (non-hydrogen) atoms. The molecule has 0 aliphatic carbocycles. The van der Waals surface area contributed by atoms with Gasteiger partial charge in [-0.25, -0.2) is 4.39 Å². The molecule has 1 heterocycles. The zero-order chi connectivity index (χ0) is 34.1. The molecule has 11 heteroatoms. The van der Waals surface area contributed by atoms with Gasteiger partial charge in [0.25, 0.3) is 5.91 Å². The van der Waals surface area contributed by atoms with Crippen molar-refractivity contribution in [3.63, 3.8) is 0 Å². The van der Waals surface area contributed by atoms with Crippen LogP contribution in [0.25, 0.3) is 0 Å². The van der Waals surface area contributed by atoms with Crippen molar-refractivity contribution in [1.82, 2.24) is 0 Å². The second kappa shape index (κ2) is 13.2. The number of fused-ring (bicyclic) bond motifs is 1. The summed E-state index contributed by atoms with van der Waals surface area (Å²) in [6.45, 7) is 4.33. The van der Waals surface area contributed by atoms with Crippen LogP contribution in [0.15, 0.2) is 84.9 Å². The zero-order valence-corrected chi connectivity index (χ0v) is 26.0.